The van der Waals surface area contributed by atoms with E-state index in [-0.39, 0.29) is 31.0 Å². The van der Waals surface area contributed by atoms with Gasteiger partial charge in [-0.3, -0.25) is 9.59 Å². The van der Waals surface area contributed by atoms with Crippen LogP contribution in [-0.2, 0) is 11.3 Å². The number of nitrogens with one attached hydrogen (secondary N) is 1. The van der Waals surface area contributed by atoms with Gasteiger partial charge in [0, 0.05) is 23.9 Å². The van der Waals surface area contributed by atoms with Crippen molar-refractivity contribution in [3.05, 3.63) is 119 Å². The summed E-state index contributed by atoms with van der Waals surface area (Å²) in [6.45, 7) is 0.320. The Morgan fingerprint density at radius 1 is 0.974 bits per heavy atom. The van der Waals surface area contributed by atoms with Gasteiger partial charge < -0.3 is 24.4 Å². The number of methoxy groups -OCH3 is 1. The lowest BCUT2D eigenvalue weighted by Crippen LogP contribution is -2.45. The van der Waals surface area contributed by atoms with E-state index in [9.17, 15) is 14.0 Å². The number of nitrogens with zero attached hydrogens (tertiary/aromatic N) is 1. The lowest BCUT2D eigenvalue weighted by Gasteiger charge is -2.42. The van der Waals surface area contributed by atoms with Crippen LogP contribution >= 0.6 is 0 Å². The zero-order valence-electron chi connectivity index (χ0n) is 21.1. The number of hydrogen-bond donors (Lipinski definition) is 1. The van der Waals surface area contributed by atoms with Crippen molar-refractivity contribution < 1.29 is 28.2 Å². The van der Waals surface area contributed by atoms with Crippen LogP contribution in [0.2, 0.25) is 0 Å². The van der Waals surface area contributed by atoms with Gasteiger partial charge in [0.25, 0.3) is 5.91 Å². The summed E-state index contributed by atoms with van der Waals surface area (Å²) in [5.74, 6) is 0.245. The van der Waals surface area contributed by atoms with E-state index in [1.165, 1.54) is 12.1 Å². The third-order valence-electron chi connectivity index (χ3n) is 7.08. The van der Waals surface area contributed by atoms with Gasteiger partial charge in [-0.2, -0.15) is 0 Å². The van der Waals surface area contributed by atoms with Crippen molar-refractivity contribution in [1.82, 2.24) is 4.90 Å². The molecule has 2 heterocycles. The number of ether oxygens (including phenoxy) is 3. The first-order valence-electron chi connectivity index (χ1n) is 12.5. The second-order valence-corrected chi connectivity index (χ2v) is 9.40. The number of fused-ring (bicyclic) bond motifs is 2. The maximum atomic E-state index is 14.1. The van der Waals surface area contributed by atoms with Crippen molar-refractivity contribution in [2.45, 2.75) is 18.5 Å². The molecule has 2 atom stereocenters. The third-order valence-corrected chi connectivity index (χ3v) is 7.08. The predicted octanol–water partition coefficient (Wildman–Crippen LogP) is 5.68. The predicted molar refractivity (Wildman–Crippen MR) is 142 cm³/mol. The molecule has 39 heavy (non-hydrogen) atoms. The quantitative estimate of drug-likeness (QED) is 0.351. The highest BCUT2D eigenvalue weighted by Gasteiger charge is 2.44. The minimum atomic E-state index is -0.738. The number of carbonyl (C=O) groups excluding carboxylic acids is 2. The average molecular weight is 525 g/mol. The number of amides is 2. The molecule has 4 aromatic rings. The van der Waals surface area contributed by atoms with Gasteiger partial charge in [-0.25, -0.2) is 4.39 Å². The molecule has 2 aliphatic rings. The number of hydrogen-bond acceptors (Lipinski definition) is 5. The Labute approximate surface area is 224 Å². The van der Waals surface area contributed by atoms with Crippen LogP contribution in [0.5, 0.6) is 17.2 Å². The molecule has 2 aliphatic heterocycles. The van der Waals surface area contributed by atoms with E-state index in [1.54, 1.807) is 54.5 Å². The molecule has 0 fully saturated rings. The molecule has 1 N–H and O–H groups in total. The fourth-order valence-electron chi connectivity index (χ4n) is 5.20. The van der Waals surface area contributed by atoms with Crippen LogP contribution in [0.3, 0.4) is 0 Å². The first kappa shape index (κ1) is 24.5. The standard InChI is InChI=1S/C31H25FN2O5/c1-37-23-13-8-20(9-14-23)29-28(30(35)33-22-12-15-26-27(16-22)39-18-38-26)24-4-2-3-5-25(24)31(36)34(29)17-19-6-10-21(32)11-7-19/h2-16,28-29H,17-18H2,1H3,(H,33,35). The minimum Gasteiger partial charge on any atom is -0.497 e. The van der Waals surface area contributed by atoms with Crippen molar-refractivity contribution in [3.8, 4) is 17.2 Å². The second-order valence-electron chi connectivity index (χ2n) is 9.40. The molecular formula is C31H25FN2O5. The maximum absolute atomic E-state index is 14.1. The molecule has 0 bridgehead atoms. The molecule has 0 aromatic heterocycles. The van der Waals surface area contributed by atoms with E-state index in [0.29, 0.717) is 34.1 Å². The molecule has 0 saturated carbocycles. The minimum absolute atomic E-state index is 0.128. The zero-order chi connectivity index (χ0) is 26.9. The molecule has 0 saturated heterocycles. The monoisotopic (exact) mass is 524 g/mol. The lowest BCUT2D eigenvalue weighted by molar-refractivity contribution is -0.119. The lowest BCUT2D eigenvalue weighted by atomic mass is 9.79. The van der Waals surface area contributed by atoms with Crippen LogP contribution in [0.1, 0.15) is 39.0 Å². The number of benzene rings is 4. The summed E-state index contributed by atoms with van der Waals surface area (Å²) in [5.41, 5.74) is 3.16. The molecule has 6 rings (SSSR count). The number of halogens is 1. The van der Waals surface area contributed by atoms with Crippen molar-refractivity contribution in [3.63, 3.8) is 0 Å². The van der Waals surface area contributed by atoms with Crippen molar-refractivity contribution in [2.24, 2.45) is 0 Å². The summed E-state index contributed by atoms with van der Waals surface area (Å²) in [7, 11) is 1.58. The Hall–Kier alpha value is -4.85. The van der Waals surface area contributed by atoms with Crippen LogP contribution in [0.4, 0.5) is 10.1 Å². The van der Waals surface area contributed by atoms with Gasteiger partial charge >= 0.3 is 0 Å². The third kappa shape index (κ3) is 4.65. The summed E-state index contributed by atoms with van der Waals surface area (Å²) in [6.07, 6.45) is 0. The van der Waals surface area contributed by atoms with Gasteiger partial charge in [0.2, 0.25) is 12.7 Å². The van der Waals surface area contributed by atoms with Crippen LogP contribution < -0.4 is 19.5 Å². The van der Waals surface area contributed by atoms with Gasteiger partial charge in [-0.1, -0.05) is 42.5 Å². The maximum Gasteiger partial charge on any atom is 0.255 e. The van der Waals surface area contributed by atoms with Crippen LogP contribution in [-0.4, -0.2) is 30.6 Å². The van der Waals surface area contributed by atoms with Gasteiger partial charge in [0.15, 0.2) is 11.5 Å². The largest absolute Gasteiger partial charge is 0.497 e. The van der Waals surface area contributed by atoms with Crippen LogP contribution in [0, 0.1) is 5.82 Å². The fraction of sp³-hybridized carbons (Fsp3) is 0.161. The first-order valence-corrected chi connectivity index (χ1v) is 12.5. The highest BCUT2D eigenvalue weighted by atomic mass is 19.1. The van der Waals surface area contributed by atoms with Crippen LogP contribution in [0.25, 0.3) is 0 Å². The Balaban J connectivity index is 1.44. The normalized spacial score (nSPS) is 17.5. The van der Waals surface area contributed by atoms with E-state index in [4.69, 9.17) is 14.2 Å². The van der Waals surface area contributed by atoms with Crippen LogP contribution in [0.15, 0.2) is 91.0 Å². The van der Waals surface area contributed by atoms with Gasteiger partial charge in [0.1, 0.15) is 11.6 Å². The SMILES string of the molecule is COc1ccc(C2C(C(=O)Nc3ccc4c(c3)OCO4)c3ccccc3C(=O)N2Cc2ccc(F)cc2)cc1. The molecule has 7 nitrogen and oxygen atoms in total. The Bertz CT molecular complexity index is 1540. The molecule has 0 radical (unpaired) electrons. The number of rotatable bonds is 6. The fourth-order valence-corrected chi connectivity index (χ4v) is 5.20. The van der Waals surface area contributed by atoms with Crippen molar-refractivity contribution in [2.75, 3.05) is 19.2 Å². The van der Waals surface area contributed by atoms with Gasteiger partial charge in [-0.05, 0) is 59.2 Å². The Kier molecular flexibility index (Phi) is 6.36. The summed E-state index contributed by atoms with van der Waals surface area (Å²) in [5, 5.41) is 3.02. The Morgan fingerprint density at radius 3 is 2.49 bits per heavy atom. The number of carbonyl (C=O) groups is 2. The Morgan fingerprint density at radius 2 is 1.72 bits per heavy atom. The van der Waals surface area contributed by atoms with E-state index in [2.05, 4.69) is 5.32 Å². The number of anilines is 1. The van der Waals surface area contributed by atoms with E-state index in [1.807, 2.05) is 36.4 Å². The van der Waals surface area contributed by atoms with Crippen molar-refractivity contribution in [1.29, 1.82) is 0 Å². The molecule has 0 aliphatic carbocycles. The molecule has 4 aromatic carbocycles. The molecule has 2 amide bonds. The van der Waals surface area contributed by atoms with E-state index >= 15 is 0 Å². The molecule has 0 spiro atoms. The van der Waals surface area contributed by atoms with Gasteiger partial charge in [-0.15, -0.1) is 0 Å². The summed E-state index contributed by atoms with van der Waals surface area (Å²) in [6, 6.07) is 25.1. The summed E-state index contributed by atoms with van der Waals surface area (Å²) < 4.78 is 29.9. The summed E-state index contributed by atoms with van der Waals surface area (Å²) >= 11 is 0. The topological polar surface area (TPSA) is 77.1 Å². The van der Waals surface area contributed by atoms with Crippen molar-refractivity contribution >= 4 is 17.5 Å². The molecule has 2 unspecified atom stereocenters. The second kappa shape index (κ2) is 10.1. The summed E-state index contributed by atoms with van der Waals surface area (Å²) in [4.78, 5) is 29.7. The highest BCUT2D eigenvalue weighted by Crippen LogP contribution is 2.45. The smallest absolute Gasteiger partial charge is 0.255 e. The zero-order valence-corrected chi connectivity index (χ0v) is 21.1. The first-order chi connectivity index (χ1) is 19.0. The van der Waals surface area contributed by atoms with E-state index < -0.39 is 12.0 Å². The highest BCUT2D eigenvalue weighted by molar-refractivity contribution is 6.04. The van der Waals surface area contributed by atoms with E-state index in [0.717, 1.165) is 11.1 Å². The molecule has 196 valence electrons. The van der Waals surface area contributed by atoms with Gasteiger partial charge in [0.05, 0.1) is 19.1 Å². The molecular weight excluding hydrogens is 499 g/mol. The molecule has 8 heteroatoms. The average Bonchev–Trinajstić information content (AvgIpc) is 3.43.